The molecule has 0 spiro atoms. The third-order valence-electron chi connectivity index (χ3n) is 3.22. The van der Waals surface area contributed by atoms with Crippen molar-refractivity contribution in [3.05, 3.63) is 59.7 Å². The molecule has 2 N–H and O–H groups in total. The van der Waals surface area contributed by atoms with Crippen LogP contribution in [0.4, 0.5) is 5.69 Å². The van der Waals surface area contributed by atoms with Crippen LogP contribution in [0.15, 0.2) is 48.5 Å². The number of nitrogens with one attached hydrogen (secondary N) is 1. The van der Waals surface area contributed by atoms with Crippen LogP contribution >= 0.6 is 0 Å². The second kappa shape index (κ2) is 7.61. The van der Waals surface area contributed by atoms with Gasteiger partial charge in [0.05, 0.1) is 12.7 Å². The second-order valence-corrected chi connectivity index (χ2v) is 5.13. The quantitative estimate of drug-likeness (QED) is 0.853. The van der Waals surface area contributed by atoms with Crippen LogP contribution in [0.25, 0.3) is 0 Å². The Morgan fingerprint density at radius 2 is 1.95 bits per heavy atom. The monoisotopic (exact) mass is 299 g/mol. The molecule has 2 aromatic rings. The molecule has 0 aliphatic carbocycles. The van der Waals surface area contributed by atoms with E-state index in [-0.39, 0.29) is 5.91 Å². The van der Waals surface area contributed by atoms with Crippen LogP contribution in [0.1, 0.15) is 42.3 Å². The molecule has 4 nitrogen and oxygen atoms in total. The lowest BCUT2D eigenvalue weighted by molar-refractivity contribution is 0.102. The summed E-state index contributed by atoms with van der Waals surface area (Å²) >= 11 is 0. The Balaban J connectivity index is 2.04. The Bertz CT molecular complexity index is 620. The summed E-state index contributed by atoms with van der Waals surface area (Å²) in [5.41, 5.74) is 1.99. The van der Waals surface area contributed by atoms with Crippen LogP contribution in [-0.2, 0) is 0 Å². The molecule has 22 heavy (non-hydrogen) atoms. The molecule has 0 unspecified atom stereocenters. The first-order valence-corrected chi connectivity index (χ1v) is 7.42. The predicted octanol–water partition coefficient (Wildman–Crippen LogP) is 3.78. The van der Waals surface area contributed by atoms with Gasteiger partial charge in [-0.3, -0.25) is 4.79 Å². The van der Waals surface area contributed by atoms with E-state index in [9.17, 15) is 9.90 Å². The Kier molecular flexibility index (Phi) is 5.55. The molecule has 0 fully saturated rings. The molecule has 0 saturated carbocycles. The zero-order valence-electron chi connectivity index (χ0n) is 12.9. The lowest BCUT2D eigenvalue weighted by atomic mass is 10.1. The molecule has 0 aliphatic heterocycles. The van der Waals surface area contributed by atoms with E-state index in [1.165, 1.54) is 0 Å². The van der Waals surface area contributed by atoms with Gasteiger partial charge in [0.15, 0.2) is 0 Å². The van der Waals surface area contributed by atoms with Gasteiger partial charge in [0, 0.05) is 11.3 Å². The largest absolute Gasteiger partial charge is 0.494 e. The zero-order valence-corrected chi connectivity index (χ0v) is 12.9. The van der Waals surface area contributed by atoms with Gasteiger partial charge in [-0.2, -0.15) is 0 Å². The maximum Gasteiger partial charge on any atom is 0.255 e. The summed E-state index contributed by atoms with van der Waals surface area (Å²) in [6.07, 6.45) is 0.383. The van der Waals surface area contributed by atoms with E-state index in [1.807, 2.05) is 13.0 Å². The third kappa shape index (κ3) is 4.33. The first-order valence-electron chi connectivity index (χ1n) is 7.42. The van der Waals surface area contributed by atoms with Crippen LogP contribution in [0.3, 0.4) is 0 Å². The molecule has 1 amide bonds. The Morgan fingerprint density at radius 1 is 1.23 bits per heavy atom. The van der Waals surface area contributed by atoms with Gasteiger partial charge >= 0.3 is 0 Å². The predicted molar refractivity (Wildman–Crippen MR) is 87.3 cm³/mol. The van der Waals surface area contributed by atoms with E-state index in [1.54, 1.807) is 49.4 Å². The highest BCUT2D eigenvalue weighted by Gasteiger charge is 2.08. The van der Waals surface area contributed by atoms with Gasteiger partial charge in [-0.1, -0.05) is 19.1 Å². The number of carbonyl (C=O) groups is 1. The number of anilines is 1. The van der Waals surface area contributed by atoms with Crippen LogP contribution < -0.4 is 10.1 Å². The number of rotatable bonds is 6. The van der Waals surface area contributed by atoms with Gasteiger partial charge in [0.1, 0.15) is 5.75 Å². The summed E-state index contributed by atoms with van der Waals surface area (Å²) < 4.78 is 5.49. The fourth-order valence-electron chi connectivity index (χ4n) is 2.00. The minimum Gasteiger partial charge on any atom is -0.494 e. The zero-order chi connectivity index (χ0) is 15.9. The highest BCUT2D eigenvalue weighted by atomic mass is 16.5. The molecule has 0 aromatic heterocycles. The van der Waals surface area contributed by atoms with Crippen molar-refractivity contribution in [2.45, 2.75) is 26.4 Å². The highest BCUT2D eigenvalue weighted by molar-refractivity contribution is 6.04. The van der Waals surface area contributed by atoms with Crippen LogP contribution in [0.5, 0.6) is 5.75 Å². The second-order valence-electron chi connectivity index (χ2n) is 5.13. The molecule has 0 aliphatic rings. The molecule has 0 saturated heterocycles. The first kappa shape index (κ1) is 16.0. The molecule has 1 atom stereocenters. The van der Waals surface area contributed by atoms with Crippen molar-refractivity contribution in [3.8, 4) is 5.75 Å². The average molecular weight is 299 g/mol. The lowest BCUT2D eigenvalue weighted by Gasteiger charge is -2.10. The summed E-state index contributed by atoms with van der Waals surface area (Å²) in [4.78, 5) is 12.2. The Hall–Kier alpha value is -2.33. The normalized spacial score (nSPS) is 11.8. The summed E-state index contributed by atoms with van der Waals surface area (Å²) in [5, 5.41) is 12.4. The van der Waals surface area contributed by atoms with Gasteiger partial charge in [-0.15, -0.1) is 0 Å². The lowest BCUT2D eigenvalue weighted by Crippen LogP contribution is -2.12. The number of hydrogen-bond donors (Lipinski definition) is 2. The van der Waals surface area contributed by atoms with Crippen molar-refractivity contribution in [3.63, 3.8) is 0 Å². The minimum atomic E-state index is -0.563. The standard InChI is InChI=1S/C18H21NO3/c1-3-11-22-17-9-7-14(8-10-17)18(21)19-16-6-4-5-15(12-16)13(2)20/h4-10,12-13,20H,3,11H2,1-2H3,(H,19,21)/t13-/m1/s1. The molecule has 2 rings (SSSR count). The topological polar surface area (TPSA) is 58.6 Å². The number of carbonyl (C=O) groups excluding carboxylic acids is 1. The van der Waals surface area contributed by atoms with Gasteiger partial charge in [-0.25, -0.2) is 0 Å². The number of hydrogen-bond acceptors (Lipinski definition) is 3. The van der Waals surface area contributed by atoms with Crippen LogP contribution in [-0.4, -0.2) is 17.6 Å². The molecule has 2 aromatic carbocycles. The van der Waals surface area contributed by atoms with Crippen LogP contribution in [0, 0.1) is 0 Å². The van der Waals surface area contributed by atoms with E-state index in [4.69, 9.17) is 4.74 Å². The number of ether oxygens (including phenoxy) is 1. The SMILES string of the molecule is CCCOc1ccc(C(=O)Nc2cccc([C@@H](C)O)c2)cc1. The summed E-state index contributed by atoms with van der Waals surface area (Å²) in [7, 11) is 0. The summed E-state index contributed by atoms with van der Waals surface area (Å²) in [5.74, 6) is 0.569. The maximum atomic E-state index is 12.2. The number of benzene rings is 2. The fourth-order valence-corrected chi connectivity index (χ4v) is 2.00. The highest BCUT2D eigenvalue weighted by Crippen LogP contribution is 2.18. The Morgan fingerprint density at radius 3 is 2.59 bits per heavy atom. The summed E-state index contributed by atoms with van der Waals surface area (Å²) in [6.45, 7) is 4.40. The number of aliphatic hydroxyl groups is 1. The van der Waals surface area contributed by atoms with Crippen molar-refractivity contribution < 1.29 is 14.6 Å². The van der Waals surface area contributed by atoms with Gasteiger partial charge in [0.2, 0.25) is 0 Å². The first-order chi connectivity index (χ1) is 10.6. The van der Waals surface area contributed by atoms with E-state index >= 15 is 0 Å². The van der Waals surface area contributed by atoms with Crippen molar-refractivity contribution >= 4 is 11.6 Å². The van der Waals surface area contributed by atoms with E-state index < -0.39 is 6.10 Å². The molecular formula is C18H21NO3. The molecular weight excluding hydrogens is 278 g/mol. The van der Waals surface area contributed by atoms with Crippen molar-refractivity contribution in [1.82, 2.24) is 0 Å². The van der Waals surface area contributed by atoms with Gasteiger partial charge < -0.3 is 15.2 Å². The smallest absolute Gasteiger partial charge is 0.255 e. The molecule has 0 heterocycles. The van der Waals surface area contributed by atoms with E-state index in [0.29, 0.717) is 17.9 Å². The molecule has 116 valence electrons. The van der Waals surface area contributed by atoms with Gasteiger partial charge in [-0.05, 0) is 55.3 Å². The van der Waals surface area contributed by atoms with E-state index in [2.05, 4.69) is 5.32 Å². The van der Waals surface area contributed by atoms with Crippen molar-refractivity contribution in [2.75, 3.05) is 11.9 Å². The van der Waals surface area contributed by atoms with Crippen molar-refractivity contribution in [2.24, 2.45) is 0 Å². The summed E-state index contributed by atoms with van der Waals surface area (Å²) in [6, 6.07) is 14.2. The number of aliphatic hydroxyl groups excluding tert-OH is 1. The maximum absolute atomic E-state index is 12.2. The molecule has 0 bridgehead atoms. The van der Waals surface area contributed by atoms with Gasteiger partial charge in [0.25, 0.3) is 5.91 Å². The molecule has 4 heteroatoms. The van der Waals surface area contributed by atoms with E-state index in [0.717, 1.165) is 17.7 Å². The van der Waals surface area contributed by atoms with Crippen LogP contribution in [0.2, 0.25) is 0 Å². The third-order valence-corrected chi connectivity index (χ3v) is 3.22. The molecule has 0 radical (unpaired) electrons. The fraction of sp³-hybridized carbons (Fsp3) is 0.278. The average Bonchev–Trinajstić information content (AvgIpc) is 2.53. The number of amides is 1. The van der Waals surface area contributed by atoms with Crippen molar-refractivity contribution in [1.29, 1.82) is 0 Å². The minimum absolute atomic E-state index is 0.190. The Labute approximate surface area is 130 Å².